The molecule has 100 valence electrons. The van der Waals surface area contributed by atoms with Crippen molar-refractivity contribution in [2.45, 2.75) is 51.6 Å². The number of hydrogen-bond acceptors (Lipinski definition) is 3. The quantitative estimate of drug-likeness (QED) is 0.677. The summed E-state index contributed by atoms with van der Waals surface area (Å²) in [6.07, 6.45) is 4.00. The minimum absolute atomic E-state index is 0.528. The number of hydrogen-bond donors (Lipinski definition) is 0. The molecule has 0 radical (unpaired) electrons. The zero-order chi connectivity index (χ0) is 13.4. The Hall–Kier alpha value is -0.760. The highest BCUT2D eigenvalue weighted by atomic mass is 31.1. The van der Waals surface area contributed by atoms with Gasteiger partial charge in [-0.05, 0) is 35.8 Å². The summed E-state index contributed by atoms with van der Waals surface area (Å²) in [7, 11) is -2.79. The highest BCUT2D eigenvalue weighted by Crippen LogP contribution is 2.34. The summed E-state index contributed by atoms with van der Waals surface area (Å²) in [4.78, 5) is 10.9. The molecule has 1 aromatic rings. The van der Waals surface area contributed by atoms with Crippen LogP contribution in [0.4, 0.5) is 0 Å². The number of aryl methyl sites for hydroxylation is 1. The predicted molar refractivity (Wildman–Crippen MR) is 71.4 cm³/mol. The first kappa shape index (κ1) is 15.3. The Bertz CT molecular complexity index is 367. The third kappa shape index (κ3) is 4.85. The molecule has 0 aliphatic heterocycles. The maximum atomic E-state index is 10.9. The van der Waals surface area contributed by atoms with Gasteiger partial charge in [0.2, 0.25) is 0 Å². The Balaban J connectivity index is 2.68. The summed E-state index contributed by atoms with van der Waals surface area (Å²) in [5, 5.41) is 0. The largest absolute Gasteiger partial charge is 0.566 e. The van der Waals surface area contributed by atoms with Crippen LogP contribution >= 0.6 is 8.25 Å². The van der Waals surface area contributed by atoms with Gasteiger partial charge in [0.05, 0.1) is 0 Å². The standard InChI is InChI=1S/C14H21O3P/c1-3-11-14(4-2,17-18(15)16)12-10-13-8-6-5-7-9-13/h5-9H,3-4,10-12H2,1-2H3. The molecule has 2 atom stereocenters. The molecule has 0 amide bonds. The van der Waals surface area contributed by atoms with Crippen LogP contribution in [0, 0.1) is 0 Å². The molecule has 0 aliphatic rings. The van der Waals surface area contributed by atoms with Crippen LogP contribution in [0.3, 0.4) is 0 Å². The van der Waals surface area contributed by atoms with E-state index in [1.54, 1.807) is 0 Å². The van der Waals surface area contributed by atoms with E-state index in [-0.39, 0.29) is 0 Å². The van der Waals surface area contributed by atoms with E-state index < -0.39 is 13.9 Å². The van der Waals surface area contributed by atoms with E-state index in [0.717, 1.165) is 32.1 Å². The monoisotopic (exact) mass is 268 g/mol. The van der Waals surface area contributed by atoms with Gasteiger partial charge in [-0.3, -0.25) is 0 Å². The number of rotatable bonds is 8. The molecule has 2 unspecified atom stereocenters. The summed E-state index contributed by atoms with van der Waals surface area (Å²) in [6, 6.07) is 10.1. The summed E-state index contributed by atoms with van der Waals surface area (Å²) in [5.74, 6) is 0. The van der Waals surface area contributed by atoms with Gasteiger partial charge in [-0.15, -0.1) is 4.52 Å². The molecular formula is C14H21O3P. The van der Waals surface area contributed by atoms with Crippen molar-refractivity contribution in [1.82, 2.24) is 0 Å². The average molecular weight is 268 g/mol. The number of benzene rings is 1. The Kier molecular flexibility index (Phi) is 6.48. The highest BCUT2D eigenvalue weighted by molar-refractivity contribution is 7.30. The molecule has 0 spiro atoms. The molecule has 4 heteroatoms. The van der Waals surface area contributed by atoms with E-state index in [1.807, 2.05) is 32.0 Å². The van der Waals surface area contributed by atoms with Crippen LogP contribution < -0.4 is 4.89 Å². The lowest BCUT2D eigenvalue weighted by Crippen LogP contribution is -2.31. The molecule has 0 saturated carbocycles. The van der Waals surface area contributed by atoms with Crippen molar-refractivity contribution in [3.63, 3.8) is 0 Å². The van der Waals surface area contributed by atoms with Gasteiger partial charge < -0.3 is 4.89 Å². The molecule has 0 aromatic heterocycles. The summed E-state index contributed by atoms with van der Waals surface area (Å²) in [5.41, 5.74) is 0.691. The van der Waals surface area contributed by atoms with Gasteiger partial charge in [-0.1, -0.05) is 50.6 Å². The van der Waals surface area contributed by atoms with Crippen molar-refractivity contribution in [3.05, 3.63) is 35.9 Å². The topological polar surface area (TPSA) is 49.4 Å². The molecule has 0 saturated heterocycles. The highest BCUT2D eigenvalue weighted by Gasteiger charge is 2.34. The van der Waals surface area contributed by atoms with Crippen LogP contribution in [0.25, 0.3) is 0 Å². The van der Waals surface area contributed by atoms with Gasteiger partial charge in [0.1, 0.15) is 5.60 Å². The molecule has 3 nitrogen and oxygen atoms in total. The molecule has 1 aromatic carbocycles. The second-order valence-corrected chi connectivity index (χ2v) is 5.22. The smallest absolute Gasteiger partial charge is 0.489 e. The Morgan fingerprint density at radius 2 is 1.89 bits per heavy atom. The van der Waals surface area contributed by atoms with E-state index in [4.69, 9.17) is 4.52 Å². The van der Waals surface area contributed by atoms with Crippen molar-refractivity contribution in [2.24, 2.45) is 0 Å². The van der Waals surface area contributed by atoms with Gasteiger partial charge >= 0.3 is 8.25 Å². The molecule has 0 bridgehead atoms. The van der Waals surface area contributed by atoms with E-state index in [2.05, 4.69) is 12.1 Å². The molecule has 0 fully saturated rings. The molecule has 1 rings (SSSR count). The van der Waals surface area contributed by atoms with Crippen molar-refractivity contribution in [1.29, 1.82) is 0 Å². The second kappa shape index (κ2) is 7.63. The molecule has 18 heavy (non-hydrogen) atoms. The van der Waals surface area contributed by atoms with Crippen LogP contribution in [0.15, 0.2) is 30.3 Å². The molecule has 0 heterocycles. The molecule has 0 aliphatic carbocycles. The summed E-state index contributed by atoms with van der Waals surface area (Å²) in [6.45, 7) is 4.04. The first-order chi connectivity index (χ1) is 8.62. The lowest BCUT2D eigenvalue weighted by Gasteiger charge is -2.27. The van der Waals surface area contributed by atoms with Crippen molar-refractivity contribution in [3.8, 4) is 0 Å². The summed E-state index contributed by atoms with van der Waals surface area (Å²) < 4.78 is 16.1. The van der Waals surface area contributed by atoms with E-state index >= 15 is 0 Å². The summed E-state index contributed by atoms with van der Waals surface area (Å²) >= 11 is 0. The normalized spacial score (nSPS) is 15.2. The van der Waals surface area contributed by atoms with Crippen LogP contribution in [-0.2, 0) is 15.5 Å². The lowest BCUT2D eigenvalue weighted by atomic mass is 9.88. The molecule has 0 N–H and O–H groups in total. The van der Waals surface area contributed by atoms with Gasteiger partial charge in [-0.2, -0.15) is 0 Å². The maximum absolute atomic E-state index is 10.9. The van der Waals surface area contributed by atoms with Gasteiger partial charge in [0.15, 0.2) is 0 Å². The second-order valence-electron chi connectivity index (χ2n) is 4.59. The minimum Gasteiger partial charge on any atom is -0.566 e. The lowest BCUT2D eigenvalue weighted by molar-refractivity contribution is -0.197. The predicted octanol–water partition coefficient (Wildman–Crippen LogP) is 3.60. The fourth-order valence-electron chi connectivity index (χ4n) is 2.26. The van der Waals surface area contributed by atoms with Gasteiger partial charge in [0, 0.05) is 0 Å². The van der Waals surface area contributed by atoms with Crippen LogP contribution in [-0.4, -0.2) is 5.60 Å². The van der Waals surface area contributed by atoms with Gasteiger partial charge in [-0.25, -0.2) is 0 Å². The first-order valence-electron chi connectivity index (χ1n) is 6.49. The molecular weight excluding hydrogens is 247 g/mol. The fraction of sp³-hybridized carbons (Fsp3) is 0.571. The SMILES string of the molecule is CCCC(CC)(CCc1ccccc1)O[P+](=O)[O-]. The van der Waals surface area contributed by atoms with Crippen LogP contribution in [0.5, 0.6) is 0 Å². The van der Waals surface area contributed by atoms with Crippen LogP contribution in [0.1, 0.15) is 45.1 Å². The average Bonchev–Trinajstić information content (AvgIpc) is 2.37. The van der Waals surface area contributed by atoms with Crippen LogP contribution in [0.2, 0.25) is 0 Å². The minimum atomic E-state index is -2.79. The van der Waals surface area contributed by atoms with Crippen molar-refractivity contribution < 1.29 is 14.0 Å². The first-order valence-corrected chi connectivity index (χ1v) is 7.59. The van der Waals surface area contributed by atoms with E-state index in [0.29, 0.717) is 0 Å². The van der Waals surface area contributed by atoms with Crippen molar-refractivity contribution >= 4 is 8.25 Å². The van der Waals surface area contributed by atoms with E-state index in [1.165, 1.54) is 5.56 Å². The Morgan fingerprint density at radius 1 is 1.22 bits per heavy atom. The fourth-order valence-corrected chi connectivity index (χ4v) is 2.89. The third-order valence-electron chi connectivity index (χ3n) is 3.33. The zero-order valence-corrected chi connectivity index (χ0v) is 12.0. The van der Waals surface area contributed by atoms with E-state index in [9.17, 15) is 9.46 Å². The zero-order valence-electron chi connectivity index (χ0n) is 11.1. The third-order valence-corrected chi connectivity index (χ3v) is 3.87. The Labute approximate surface area is 110 Å². The maximum Gasteiger partial charge on any atom is 0.489 e. The Morgan fingerprint density at radius 3 is 2.39 bits per heavy atom. The van der Waals surface area contributed by atoms with Gasteiger partial charge in [0.25, 0.3) is 0 Å². The van der Waals surface area contributed by atoms with Crippen molar-refractivity contribution in [2.75, 3.05) is 0 Å².